The van der Waals surface area contributed by atoms with Crippen LogP contribution in [0.2, 0.25) is 0 Å². The van der Waals surface area contributed by atoms with Crippen molar-refractivity contribution in [3.05, 3.63) is 26.4 Å². The fourth-order valence-electron chi connectivity index (χ4n) is 1.45. The molecule has 0 fully saturated rings. The Morgan fingerprint density at radius 1 is 1.29 bits per heavy atom. The van der Waals surface area contributed by atoms with E-state index in [1.54, 1.807) is 0 Å². The van der Waals surface area contributed by atoms with E-state index >= 15 is 0 Å². The van der Waals surface area contributed by atoms with Gasteiger partial charge in [-0.2, -0.15) is 5.26 Å². The number of aromatic nitrogens is 2. The monoisotopic (exact) mass is 236 g/mol. The number of rotatable bonds is 3. The van der Waals surface area contributed by atoms with Gasteiger partial charge in [-0.1, -0.05) is 13.8 Å². The summed E-state index contributed by atoms with van der Waals surface area (Å²) in [6.07, 6.45) is 0. The Balaban J connectivity index is 3.44. The van der Waals surface area contributed by atoms with Gasteiger partial charge < -0.3 is 5.32 Å². The van der Waals surface area contributed by atoms with Crippen LogP contribution < -0.4 is 16.6 Å². The number of nitrogens with one attached hydrogen (secondary N) is 1. The predicted molar refractivity (Wildman–Crippen MR) is 65.0 cm³/mol. The Labute approximate surface area is 99.1 Å². The van der Waals surface area contributed by atoms with E-state index in [4.69, 9.17) is 5.26 Å². The Morgan fingerprint density at radius 3 is 2.35 bits per heavy atom. The summed E-state index contributed by atoms with van der Waals surface area (Å²) in [6.45, 7) is 4.59. The quantitative estimate of drug-likeness (QED) is 0.802. The molecule has 17 heavy (non-hydrogen) atoms. The van der Waals surface area contributed by atoms with Crippen LogP contribution in [0.25, 0.3) is 0 Å². The highest BCUT2D eigenvalue weighted by Gasteiger charge is 2.14. The van der Waals surface area contributed by atoms with Crippen LogP contribution in [0.5, 0.6) is 0 Å². The third kappa shape index (κ3) is 2.38. The predicted octanol–water partition coefficient (Wildman–Crippen LogP) is 0.0236. The number of nitriles is 1. The first-order valence-corrected chi connectivity index (χ1v) is 5.34. The molecule has 0 aliphatic carbocycles. The highest BCUT2D eigenvalue weighted by molar-refractivity contribution is 5.51. The van der Waals surface area contributed by atoms with Gasteiger partial charge in [0.25, 0.3) is 5.56 Å². The van der Waals surface area contributed by atoms with E-state index in [2.05, 4.69) is 5.32 Å². The zero-order valence-corrected chi connectivity index (χ0v) is 10.4. The first-order chi connectivity index (χ1) is 7.90. The standard InChI is InChI=1S/C11H16N4O2/c1-7(2)6-13-9-8(5-12)10(16)15(4)11(17)14(9)3/h7,13H,6H2,1-4H3. The van der Waals surface area contributed by atoms with E-state index in [0.29, 0.717) is 12.5 Å². The minimum Gasteiger partial charge on any atom is -0.370 e. The summed E-state index contributed by atoms with van der Waals surface area (Å²) in [6, 6.07) is 1.84. The van der Waals surface area contributed by atoms with Gasteiger partial charge in [-0.05, 0) is 5.92 Å². The normalized spacial score (nSPS) is 10.4. The molecular weight excluding hydrogens is 220 g/mol. The van der Waals surface area contributed by atoms with Crippen molar-refractivity contribution in [3.8, 4) is 6.07 Å². The van der Waals surface area contributed by atoms with Gasteiger partial charge in [0.15, 0.2) is 5.56 Å². The van der Waals surface area contributed by atoms with Crippen LogP contribution in [0.4, 0.5) is 5.82 Å². The first kappa shape index (κ1) is 13.0. The summed E-state index contributed by atoms with van der Waals surface area (Å²) in [5, 5.41) is 12.0. The molecule has 0 unspecified atom stereocenters. The SMILES string of the molecule is CC(C)CNc1c(C#N)c(=O)n(C)c(=O)n1C. The molecule has 0 radical (unpaired) electrons. The maximum absolute atomic E-state index is 11.7. The molecule has 92 valence electrons. The van der Waals surface area contributed by atoms with E-state index in [0.717, 1.165) is 4.57 Å². The Morgan fingerprint density at radius 2 is 1.88 bits per heavy atom. The topological polar surface area (TPSA) is 79.8 Å². The highest BCUT2D eigenvalue weighted by atomic mass is 16.2. The van der Waals surface area contributed by atoms with Crippen molar-refractivity contribution in [2.45, 2.75) is 13.8 Å². The van der Waals surface area contributed by atoms with E-state index in [9.17, 15) is 9.59 Å². The second-order valence-electron chi connectivity index (χ2n) is 4.32. The molecule has 6 nitrogen and oxygen atoms in total. The third-order valence-corrected chi connectivity index (χ3v) is 2.45. The van der Waals surface area contributed by atoms with Crippen molar-refractivity contribution >= 4 is 5.82 Å². The van der Waals surface area contributed by atoms with Crippen molar-refractivity contribution in [3.63, 3.8) is 0 Å². The smallest absolute Gasteiger partial charge is 0.332 e. The Bertz CT molecular complexity index is 575. The lowest BCUT2D eigenvalue weighted by molar-refractivity contribution is 0.657. The molecule has 1 heterocycles. The minimum atomic E-state index is -0.568. The van der Waals surface area contributed by atoms with Gasteiger partial charge >= 0.3 is 5.69 Å². The molecule has 0 spiro atoms. The van der Waals surface area contributed by atoms with E-state index in [1.807, 2.05) is 19.9 Å². The van der Waals surface area contributed by atoms with Gasteiger partial charge in [0.2, 0.25) is 0 Å². The van der Waals surface area contributed by atoms with E-state index in [1.165, 1.54) is 18.7 Å². The number of hydrogen-bond donors (Lipinski definition) is 1. The summed E-state index contributed by atoms with van der Waals surface area (Å²) in [5.41, 5.74) is -1.04. The Hall–Kier alpha value is -2.03. The Kier molecular flexibility index (Phi) is 3.73. The molecule has 1 aromatic rings. The molecule has 0 atom stereocenters. The van der Waals surface area contributed by atoms with E-state index in [-0.39, 0.29) is 11.4 Å². The lowest BCUT2D eigenvalue weighted by Crippen LogP contribution is -2.40. The molecule has 1 rings (SSSR count). The van der Waals surface area contributed by atoms with Gasteiger partial charge in [-0.3, -0.25) is 13.9 Å². The maximum atomic E-state index is 11.7. The molecule has 1 N–H and O–H groups in total. The third-order valence-electron chi connectivity index (χ3n) is 2.45. The second kappa shape index (κ2) is 4.87. The lowest BCUT2D eigenvalue weighted by atomic mass is 10.2. The highest BCUT2D eigenvalue weighted by Crippen LogP contribution is 2.07. The van der Waals surface area contributed by atoms with Gasteiger partial charge in [-0.15, -0.1) is 0 Å². The molecule has 0 amide bonds. The van der Waals surface area contributed by atoms with Gasteiger partial charge in [0, 0.05) is 20.6 Å². The zero-order valence-electron chi connectivity index (χ0n) is 10.4. The van der Waals surface area contributed by atoms with Gasteiger partial charge in [0.05, 0.1) is 0 Å². The van der Waals surface area contributed by atoms with Crippen molar-refractivity contribution in [1.82, 2.24) is 9.13 Å². The molecule has 1 aromatic heterocycles. The zero-order chi connectivity index (χ0) is 13.2. The van der Waals surface area contributed by atoms with Crippen LogP contribution >= 0.6 is 0 Å². The largest absolute Gasteiger partial charge is 0.370 e. The molecule has 0 saturated carbocycles. The summed E-state index contributed by atoms with van der Waals surface area (Å²) in [7, 11) is 2.89. The van der Waals surface area contributed by atoms with Gasteiger partial charge in [-0.25, -0.2) is 4.79 Å². The summed E-state index contributed by atoms with van der Waals surface area (Å²) < 4.78 is 2.21. The summed E-state index contributed by atoms with van der Waals surface area (Å²) in [5.74, 6) is 0.634. The molecule has 0 saturated heterocycles. The molecule has 6 heteroatoms. The molecule has 0 bridgehead atoms. The number of hydrogen-bond acceptors (Lipinski definition) is 4. The van der Waals surface area contributed by atoms with Crippen molar-refractivity contribution in [1.29, 1.82) is 5.26 Å². The first-order valence-electron chi connectivity index (χ1n) is 5.34. The van der Waals surface area contributed by atoms with Crippen LogP contribution in [-0.4, -0.2) is 15.7 Å². The van der Waals surface area contributed by atoms with Gasteiger partial charge in [0.1, 0.15) is 11.9 Å². The van der Waals surface area contributed by atoms with Crippen molar-refractivity contribution < 1.29 is 0 Å². The second-order valence-corrected chi connectivity index (χ2v) is 4.32. The minimum absolute atomic E-state index is 0.0322. The fourth-order valence-corrected chi connectivity index (χ4v) is 1.45. The van der Waals surface area contributed by atoms with Crippen LogP contribution in [0.3, 0.4) is 0 Å². The van der Waals surface area contributed by atoms with E-state index < -0.39 is 11.2 Å². The molecule has 0 aliphatic heterocycles. The number of nitrogens with zero attached hydrogens (tertiary/aromatic N) is 3. The average Bonchev–Trinajstić information content (AvgIpc) is 2.29. The molecule has 0 aromatic carbocycles. The van der Waals surface area contributed by atoms with Crippen LogP contribution in [0.15, 0.2) is 9.59 Å². The fraction of sp³-hybridized carbons (Fsp3) is 0.545. The van der Waals surface area contributed by atoms with Crippen LogP contribution in [0, 0.1) is 17.2 Å². The van der Waals surface area contributed by atoms with Crippen molar-refractivity contribution in [2.24, 2.45) is 20.0 Å². The van der Waals surface area contributed by atoms with Crippen LogP contribution in [0.1, 0.15) is 19.4 Å². The van der Waals surface area contributed by atoms with Crippen LogP contribution in [-0.2, 0) is 14.1 Å². The molecule has 0 aliphatic rings. The molecular formula is C11H16N4O2. The number of anilines is 1. The maximum Gasteiger partial charge on any atom is 0.332 e. The summed E-state index contributed by atoms with van der Waals surface area (Å²) >= 11 is 0. The summed E-state index contributed by atoms with van der Waals surface area (Å²) in [4.78, 5) is 23.4. The lowest BCUT2D eigenvalue weighted by Gasteiger charge is -2.14. The average molecular weight is 236 g/mol. The van der Waals surface area contributed by atoms with Crippen molar-refractivity contribution in [2.75, 3.05) is 11.9 Å².